The Morgan fingerprint density at radius 3 is 2.24 bits per heavy atom. The highest BCUT2D eigenvalue weighted by Gasteiger charge is 2.55. The van der Waals surface area contributed by atoms with E-state index in [2.05, 4.69) is 10.6 Å². The van der Waals surface area contributed by atoms with Crippen LogP contribution in [0.4, 0.5) is 4.39 Å². The molecule has 9 nitrogen and oxygen atoms in total. The van der Waals surface area contributed by atoms with E-state index in [1.54, 1.807) is 18.2 Å². The summed E-state index contributed by atoms with van der Waals surface area (Å²) in [5, 5.41) is 16.8. The van der Waals surface area contributed by atoms with Gasteiger partial charge in [0.25, 0.3) is 11.8 Å². The number of nitrogens with one attached hydrogen (secondary N) is 2. The molecule has 2 aromatic rings. The van der Waals surface area contributed by atoms with Crippen LogP contribution in [0.3, 0.4) is 0 Å². The van der Waals surface area contributed by atoms with Crippen LogP contribution in [0.15, 0.2) is 36.4 Å². The molecule has 0 spiro atoms. The van der Waals surface area contributed by atoms with Gasteiger partial charge in [-0.2, -0.15) is 0 Å². The summed E-state index contributed by atoms with van der Waals surface area (Å²) in [5.41, 5.74) is -1.35. The van der Waals surface area contributed by atoms with Gasteiger partial charge in [-0.3, -0.25) is 9.59 Å². The van der Waals surface area contributed by atoms with Crippen molar-refractivity contribution in [3.63, 3.8) is 0 Å². The molecule has 1 unspecified atom stereocenters. The van der Waals surface area contributed by atoms with Crippen molar-refractivity contribution in [1.29, 1.82) is 0 Å². The smallest absolute Gasteiger partial charge is 0.258 e. The molecule has 2 aromatic carbocycles. The third kappa shape index (κ3) is 5.55. The van der Waals surface area contributed by atoms with Crippen molar-refractivity contribution in [2.45, 2.75) is 49.3 Å². The minimum atomic E-state index is -0.842. The van der Waals surface area contributed by atoms with Crippen molar-refractivity contribution in [2.75, 3.05) is 26.4 Å². The van der Waals surface area contributed by atoms with Crippen LogP contribution in [0.2, 0.25) is 5.02 Å². The molecular weight excluding hydrogens is 507 g/mol. The summed E-state index contributed by atoms with van der Waals surface area (Å²) < 4.78 is 35.6. The van der Waals surface area contributed by atoms with Crippen LogP contribution in [0.25, 0.3) is 0 Å². The first kappa shape index (κ1) is 25.4. The zero-order valence-corrected chi connectivity index (χ0v) is 20.8. The Bertz CT molecular complexity index is 1190. The van der Waals surface area contributed by atoms with Crippen LogP contribution in [-0.4, -0.2) is 60.5 Å². The lowest BCUT2D eigenvalue weighted by atomic mass is 9.60. The molecule has 1 aliphatic heterocycles. The number of aliphatic hydroxyl groups excluding tert-OH is 1. The van der Waals surface area contributed by atoms with Gasteiger partial charge in [-0.25, -0.2) is 4.39 Å². The van der Waals surface area contributed by atoms with Crippen molar-refractivity contribution < 1.29 is 38.0 Å². The highest BCUT2D eigenvalue weighted by molar-refractivity contribution is 6.30. The number of carbonyl (C=O) groups is 2. The fraction of sp³-hybridized carbons (Fsp3) is 0.462. The fourth-order valence-corrected chi connectivity index (χ4v) is 5.40. The molecule has 3 N–H and O–H groups in total. The van der Waals surface area contributed by atoms with Crippen molar-refractivity contribution in [3.05, 3.63) is 47.2 Å². The maximum Gasteiger partial charge on any atom is 0.258 e. The number of fused-ring (bicyclic) bond motifs is 4. The zero-order chi connectivity index (χ0) is 26.0. The largest absolute Gasteiger partial charge is 0.486 e. The molecule has 198 valence electrons. The van der Waals surface area contributed by atoms with Crippen molar-refractivity contribution in [3.8, 4) is 23.0 Å². The van der Waals surface area contributed by atoms with Crippen LogP contribution in [0, 0.1) is 5.82 Å². The molecule has 2 bridgehead atoms. The van der Waals surface area contributed by atoms with Crippen LogP contribution in [-0.2, 0) is 9.59 Å². The third-order valence-electron chi connectivity index (χ3n) is 7.26. The van der Waals surface area contributed by atoms with Gasteiger partial charge in [0.15, 0.2) is 24.7 Å². The van der Waals surface area contributed by atoms with E-state index < -0.39 is 28.9 Å². The number of carbonyl (C=O) groups excluding carboxylic acids is 2. The molecule has 11 heteroatoms. The SMILES string of the molecule is O=C(COc1ccc2c(c1)OCCO2)NC12CCC(NC(=O)COc3ccc(Cl)c(F)c3)(CC1)C(O)C2. The normalized spacial score (nSPS) is 25.8. The molecule has 4 aliphatic rings. The minimum absolute atomic E-state index is 0.0336. The van der Waals surface area contributed by atoms with E-state index in [9.17, 15) is 19.1 Å². The quantitative estimate of drug-likeness (QED) is 0.477. The Hall–Kier alpha value is -3.24. The van der Waals surface area contributed by atoms with Gasteiger partial charge < -0.3 is 34.7 Å². The molecule has 1 heterocycles. The number of benzene rings is 2. The van der Waals surface area contributed by atoms with E-state index in [0.29, 0.717) is 62.6 Å². The monoisotopic (exact) mass is 534 g/mol. The van der Waals surface area contributed by atoms with Crippen molar-refractivity contribution in [1.82, 2.24) is 10.6 Å². The van der Waals surface area contributed by atoms with Crippen LogP contribution < -0.4 is 29.6 Å². The van der Waals surface area contributed by atoms with E-state index in [-0.39, 0.29) is 29.9 Å². The van der Waals surface area contributed by atoms with Gasteiger partial charge in [-0.1, -0.05) is 11.6 Å². The van der Waals surface area contributed by atoms with E-state index in [1.807, 2.05) is 0 Å². The predicted molar refractivity (Wildman–Crippen MR) is 131 cm³/mol. The highest BCUT2D eigenvalue weighted by atomic mass is 35.5. The van der Waals surface area contributed by atoms with Crippen LogP contribution >= 0.6 is 11.6 Å². The summed E-state index contributed by atoms with van der Waals surface area (Å²) in [4.78, 5) is 25.2. The Kier molecular flexibility index (Phi) is 7.04. The van der Waals surface area contributed by atoms with Crippen molar-refractivity contribution >= 4 is 23.4 Å². The number of hydrogen-bond acceptors (Lipinski definition) is 7. The molecule has 0 saturated heterocycles. The molecule has 3 aliphatic carbocycles. The van der Waals surface area contributed by atoms with Crippen molar-refractivity contribution in [2.24, 2.45) is 0 Å². The first-order valence-corrected chi connectivity index (χ1v) is 12.5. The summed E-state index contributed by atoms with van der Waals surface area (Å²) >= 11 is 5.66. The van der Waals surface area contributed by atoms with Crippen LogP contribution in [0.5, 0.6) is 23.0 Å². The minimum Gasteiger partial charge on any atom is -0.486 e. The van der Waals surface area contributed by atoms with E-state index in [0.717, 1.165) is 6.07 Å². The van der Waals surface area contributed by atoms with Gasteiger partial charge in [-0.15, -0.1) is 0 Å². The second-order valence-corrected chi connectivity index (χ2v) is 10.1. The first-order chi connectivity index (χ1) is 17.8. The first-order valence-electron chi connectivity index (χ1n) is 12.2. The Morgan fingerprint density at radius 2 is 1.57 bits per heavy atom. The molecule has 1 atom stereocenters. The maximum absolute atomic E-state index is 13.6. The number of ether oxygens (including phenoxy) is 4. The fourth-order valence-electron chi connectivity index (χ4n) is 5.29. The second-order valence-electron chi connectivity index (χ2n) is 9.71. The molecule has 37 heavy (non-hydrogen) atoms. The maximum atomic E-state index is 13.6. The van der Waals surface area contributed by atoms with Gasteiger partial charge in [0.05, 0.1) is 16.7 Å². The van der Waals surface area contributed by atoms with Gasteiger partial charge in [0.2, 0.25) is 0 Å². The Labute approximate surface area is 218 Å². The molecule has 0 radical (unpaired) electrons. The second kappa shape index (κ2) is 10.3. The van der Waals surface area contributed by atoms with Gasteiger partial charge in [0, 0.05) is 17.7 Å². The number of aliphatic hydroxyl groups is 1. The molecule has 2 amide bonds. The Balaban J connectivity index is 1.11. The van der Waals surface area contributed by atoms with E-state index in [4.69, 9.17) is 30.5 Å². The van der Waals surface area contributed by atoms with E-state index in [1.165, 1.54) is 12.1 Å². The lowest BCUT2D eigenvalue weighted by Gasteiger charge is -2.56. The molecule has 3 saturated carbocycles. The summed E-state index contributed by atoms with van der Waals surface area (Å²) in [6.45, 7) is 0.447. The average Bonchev–Trinajstić information content (AvgIpc) is 2.89. The number of amides is 2. The average molecular weight is 535 g/mol. The number of halogens is 2. The summed E-state index contributed by atoms with van der Waals surface area (Å²) in [6.07, 6.45) is 1.67. The molecule has 0 aromatic heterocycles. The highest BCUT2D eigenvalue weighted by Crippen LogP contribution is 2.47. The summed E-state index contributed by atoms with van der Waals surface area (Å²) in [7, 11) is 0. The molecule has 3 fully saturated rings. The van der Waals surface area contributed by atoms with E-state index >= 15 is 0 Å². The molecule has 6 rings (SSSR count). The zero-order valence-electron chi connectivity index (χ0n) is 20.1. The lowest BCUT2D eigenvalue weighted by molar-refractivity contribution is -0.137. The summed E-state index contributed by atoms with van der Waals surface area (Å²) in [5.74, 6) is 0.557. The van der Waals surface area contributed by atoms with Gasteiger partial charge in [-0.05, 0) is 56.4 Å². The van der Waals surface area contributed by atoms with Crippen LogP contribution in [0.1, 0.15) is 32.1 Å². The standard InChI is InChI=1S/C26H28ClFN2O7/c27-18-3-1-16(11-19(18)28)36-15-24(33)30-26-7-5-25(6-8-26,13-22(26)31)29-23(32)14-37-17-2-4-20-21(12-17)35-10-9-34-20/h1-4,11-12,22,31H,5-10,13-15H2,(H,29,32)(H,30,33). The topological polar surface area (TPSA) is 115 Å². The predicted octanol–water partition coefficient (Wildman–Crippen LogP) is 2.76. The Morgan fingerprint density at radius 1 is 0.946 bits per heavy atom. The number of rotatable bonds is 8. The molecular formula is C26H28ClFN2O7. The summed E-state index contributed by atoms with van der Waals surface area (Å²) in [6, 6.07) is 9.08. The van der Waals surface area contributed by atoms with Gasteiger partial charge in [0.1, 0.15) is 30.5 Å². The lowest BCUT2D eigenvalue weighted by Crippen LogP contribution is -2.70. The third-order valence-corrected chi connectivity index (χ3v) is 7.57. The number of hydrogen-bond donors (Lipinski definition) is 3. The van der Waals surface area contributed by atoms with Gasteiger partial charge >= 0.3 is 0 Å².